The highest BCUT2D eigenvalue weighted by Gasteiger charge is 2.18. The van der Waals surface area contributed by atoms with Gasteiger partial charge in [-0.3, -0.25) is 4.79 Å². The number of pyridine rings is 1. The number of hydrogen-bond acceptors (Lipinski definition) is 4. The molecular formula is C21H19ClN2O2S. The normalized spacial score (nSPS) is 12.7. The number of hydrogen-bond donors (Lipinski definition) is 3. The molecule has 0 aliphatic carbocycles. The second-order valence-corrected chi connectivity index (χ2v) is 8.02. The Balaban J connectivity index is 1.99. The number of aromatic nitrogens is 1. The van der Waals surface area contributed by atoms with Crippen LogP contribution in [0, 0.1) is 0 Å². The first kappa shape index (κ1) is 18.0. The van der Waals surface area contributed by atoms with Gasteiger partial charge in [-0.25, -0.2) is 0 Å². The number of rotatable bonds is 4. The standard InChI is InChI=1S/C21H19ClN2O2S/c1-11(10-23-2)12-3-5-13(6-4-12)17-16(25)9-15(22)19-18(17)14-7-8-27-20(14)21(26)24-19/h3-9,11,23,25H,10H2,1-2H3,(H,24,26). The summed E-state index contributed by atoms with van der Waals surface area (Å²) < 4.78 is 0.629. The van der Waals surface area contributed by atoms with E-state index in [1.165, 1.54) is 23.0 Å². The van der Waals surface area contributed by atoms with Crippen molar-refractivity contribution >= 4 is 43.9 Å². The van der Waals surface area contributed by atoms with Crippen LogP contribution in [0.25, 0.3) is 32.1 Å². The van der Waals surface area contributed by atoms with Crippen LogP contribution in [0.1, 0.15) is 18.4 Å². The molecule has 1 unspecified atom stereocenters. The Hall–Kier alpha value is -2.34. The number of H-pyrrole nitrogens is 1. The molecule has 2 aromatic heterocycles. The number of phenols is 1. The minimum atomic E-state index is -0.165. The Morgan fingerprint density at radius 3 is 2.70 bits per heavy atom. The Labute approximate surface area is 165 Å². The molecule has 0 saturated carbocycles. The third-order valence-corrected chi connectivity index (χ3v) is 6.13. The summed E-state index contributed by atoms with van der Waals surface area (Å²) in [5.74, 6) is 0.489. The molecule has 138 valence electrons. The Kier molecular flexibility index (Phi) is 4.68. The van der Waals surface area contributed by atoms with Crippen LogP contribution in [0.15, 0.2) is 46.6 Å². The molecule has 0 spiro atoms. The SMILES string of the molecule is CNCC(C)c1ccc(-c2c(O)cc(Cl)c3[nH]c(=O)c4sccc4c23)cc1. The van der Waals surface area contributed by atoms with Crippen molar-refractivity contribution in [2.45, 2.75) is 12.8 Å². The van der Waals surface area contributed by atoms with E-state index in [2.05, 4.69) is 29.4 Å². The molecule has 2 aromatic carbocycles. The highest BCUT2D eigenvalue weighted by molar-refractivity contribution is 7.17. The van der Waals surface area contributed by atoms with E-state index in [9.17, 15) is 9.90 Å². The average molecular weight is 399 g/mol. The lowest BCUT2D eigenvalue weighted by Crippen LogP contribution is -2.14. The molecule has 2 heterocycles. The third-order valence-electron chi connectivity index (χ3n) is 4.92. The van der Waals surface area contributed by atoms with Gasteiger partial charge in [0.05, 0.1) is 10.5 Å². The summed E-state index contributed by atoms with van der Waals surface area (Å²) in [5.41, 5.74) is 3.17. The minimum absolute atomic E-state index is 0.100. The van der Waals surface area contributed by atoms with Crippen molar-refractivity contribution < 1.29 is 5.11 Å². The van der Waals surface area contributed by atoms with Gasteiger partial charge in [-0.1, -0.05) is 42.8 Å². The second-order valence-electron chi connectivity index (χ2n) is 6.70. The van der Waals surface area contributed by atoms with Gasteiger partial charge in [-0.15, -0.1) is 11.3 Å². The number of fused-ring (bicyclic) bond motifs is 3. The van der Waals surface area contributed by atoms with Crippen LogP contribution in [0.4, 0.5) is 0 Å². The first-order valence-electron chi connectivity index (χ1n) is 8.71. The van der Waals surface area contributed by atoms with Crippen molar-refractivity contribution in [2.75, 3.05) is 13.6 Å². The molecule has 0 aliphatic rings. The van der Waals surface area contributed by atoms with E-state index in [1.807, 2.05) is 30.6 Å². The molecule has 0 amide bonds. The van der Waals surface area contributed by atoms with Gasteiger partial charge < -0.3 is 15.4 Å². The fourth-order valence-corrected chi connectivity index (χ4v) is 4.62. The lowest BCUT2D eigenvalue weighted by Gasteiger charge is -2.14. The monoisotopic (exact) mass is 398 g/mol. The zero-order chi connectivity index (χ0) is 19.1. The van der Waals surface area contributed by atoms with E-state index in [4.69, 9.17) is 11.6 Å². The van der Waals surface area contributed by atoms with Crippen LogP contribution in [0.2, 0.25) is 5.02 Å². The van der Waals surface area contributed by atoms with Crippen LogP contribution in [-0.2, 0) is 0 Å². The number of nitrogens with one attached hydrogen (secondary N) is 2. The molecule has 0 fully saturated rings. The third kappa shape index (κ3) is 3.02. The summed E-state index contributed by atoms with van der Waals surface area (Å²) in [6.07, 6.45) is 0. The number of benzene rings is 2. The topological polar surface area (TPSA) is 65.1 Å². The maximum Gasteiger partial charge on any atom is 0.266 e. The number of phenolic OH excluding ortho intramolecular Hbond substituents is 1. The number of thiophene rings is 1. The lowest BCUT2D eigenvalue weighted by molar-refractivity contribution is 0.478. The molecule has 0 radical (unpaired) electrons. The quantitative estimate of drug-likeness (QED) is 0.448. The van der Waals surface area contributed by atoms with Gasteiger partial charge in [0.2, 0.25) is 0 Å². The molecule has 4 aromatic rings. The van der Waals surface area contributed by atoms with E-state index in [-0.39, 0.29) is 11.3 Å². The van der Waals surface area contributed by atoms with E-state index in [0.717, 1.165) is 22.9 Å². The number of likely N-dealkylation sites (N-methyl/N-ethyl adjacent to an activating group) is 1. The molecule has 1 atom stereocenters. The Morgan fingerprint density at radius 1 is 1.26 bits per heavy atom. The van der Waals surface area contributed by atoms with E-state index < -0.39 is 0 Å². The Bertz CT molecular complexity index is 1190. The van der Waals surface area contributed by atoms with Crippen LogP contribution >= 0.6 is 22.9 Å². The van der Waals surface area contributed by atoms with Gasteiger partial charge in [0, 0.05) is 28.9 Å². The molecule has 0 saturated heterocycles. The molecule has 27 heavy (non-hydrogen) atoms. The lowest BCUT2D eigenvalue weighted by atomic mass is 9.94. The van der Waals surface area contributed by atoms with E-state index in [1.54, 1.807) is 0 Å². The van der Waals surface area contributed by atoms with Crippen LogP contribution in [0.5, 0.6) is 5.75 Å². The van der Waals surface area contributed by atoms with Crippen molar-refractivity contribution in [1.29, 1.82) is 0 Å². The molecule has 3 N–H and O–H groups in total. The smallest absolute Gasteiger partial charge is 0.266 e. The molecule has 4 nitrogen and oxygen atoms in total. The van der Waals surface area contributed by atoms with Crippen molar-refractivity contribution in [1.82, 2.24) is 10.3 Å². The van der Waals surface area contributed by atoms with Crippen molar-refractivity contribution in [3.8, 4) is 16.9 Å². The van der Waals surface area contributed by atoms with Crippen LogP contribution in [-0.4, -0.2) is 23.7 Å². The highest BCUT2D eigenvalue weighted by atomic mass is 35.5. The summed E-state index contributed by atoms with van der Waals surface area (Å²) in [6, 6.07) is 11.6. The molecule has 0 aliphatic heterocycles. The average Bonchev–Trinajstić information content (AvgIpc) is 3.14. The van der Waals surface area contributed by atoms with Gasteiger partial charge in [0.1, 0.15) is 10.4 Å². The first-order chi connectivity index (χ1) is 13.0. The maximum absolute atomic E-state index is 12.3. The van der Waals surface area contributed by atoms with Crippen molar-refractivity contribution in [3.05, 3.63) is 62.7 Å². The van der Waals surface area contributed by atoms with Gasteiger partial charge >= 0.3 is 0 Å². The van der Waals surface area contributed by atoms with Crippen LogP contribution < -0.4 is 10.9 Å². The van der Waals surface area contributed by atoms with Gasteiger partial charge in [-0.2, -0.15) is 0 Å². The van der Waals surface area contributed by atoms with Crippen molar-refractivity contribution in [3.63, 3.8) is 0 Å². The van der Waals surface area contributed by atoms with Crippen LogP contribution in [0.3, 0.4) is 0 Å². The van der Waals surface area contributed by atoms with Gasteiger partial charge in [0.15, 0.2) is 0 Å². The van der Waals surface area contributed by atoms with E-state index >= 15 is 0 Å². The highest BCUT2D eigenvalue weighted by Crippen LogP contribution is 2.42. The predicted molar refractivity (Wildman–Crippen MR) is 114 cm³/mol. The van der Waals surface area contributed by atoms with Crippen molar-refractivity contribution in [2.24, 2.45) is 0 Å². The van der Waals surface area contributed by atoms with Gasteiger partial charge in [-0.05, 0) is 35.5 Å². The summed E-state index contributed by atoms with van der Waals surface area (Å²) >= 11 is 7.71. The zero-order valence-corrected chi connectivity index (χ0v) is 16.5. The summed E-state index contributed by atoms with van der Waals surface area (Å²) in [6.45, 7) is 3.06. The first-order valence-corrected chi connectivity index (χ1v) is 9.96. The molecule has 0 bridgehead atoms. The zero-order valence-electron chi connectivity index (χ0n) is 15.0. The largest absolute Gasteiger partial charge is 0.507 e. The maximum atomic E-state index is 12.3. The number of halogens is 1. The molecule has 4 rings (SSSR count). The number of aromatic amines is 1. The summed E-state index contributed by atoms with van der Waals surface area (Å²) in [7, 11) is 1.94. The van der Waals surface area contributed by atoms with E-state index in [0.29, 0.717) is 26.7 Å². The Morgan fingerprint density at radius 2 is 2.00 bits per heavy atom. The fourth-order valence-electron chi connectivity index (χ4n) is 3.58. The summed E-state index contributed by atoms with van der Waals surface area (Å²) in [4.78, 5) is 15.2. The minimum Gasteiger partial charge on any atom is -0.507 e. The molecular weight excluding hydrogens is 380 g/mol. The summed E-state index contributed by atoms with van der Waals surface area (Å²) in [5, 5.41) is 17.7. The second kappa shape index (κ2) is 7.00. The van der Waals surface area contributed by atoms with Gasteiger partial charge in [0.25, 0.3) is 5.56 Å². The molecule has 6 heteroatoms. The predicted octanol–water partition coefficient (Wildman–Crippen LogP) is 5.09. The fraction of sp³-hybridized carbons (Fsp3) is 0.190. The number of aromatic hydroxyl groups is 1.